The molecule has 0 saturated heterocycles. The summed E-state index contributed by atoms with van der Waals surface area (Å²) < 4.78 is 4.54. The molecule has 12 heavy (non-hydrogen) atoms. The Bertz CT molecular complexity index is 229. The van der Waals surface area contributed by atoms with Gasteiger partial charge in [-0.05, 0) is 25.4 Å². The third-order valence-corrected chi connectivity index (χ3v) is 1.40. The molecule has 0 fully saturated rings. The van der Waals surface area contributed by atoms with Crippen molar-refractivity contribution in [2.75, 3.05) is 6.61 Å². The van der Waals surface area contributed by atoms with Gasteiger partial charge in [-0.3, -0.25) is 4.79 Å². The Kier molecular flexibility index (Phi) is 4.93. The Balaban J connectivity index is 4.67. The molecule has 5 heteroatoms. The first-order valence-electron chi connectivity index (χ1n) is 3.24. The van der Waals surface area contributed by atoms with Crippen LogP contribution in [0, 0.1) is 0 Å². The highest BCUT2D eigenvalue weighted by atomic mass is 35.5. The molecule has 0 saturated carbocycles. The minimum atomic E-state index is -0.902. The normalized spacial score (nSPS) is 12.0. The quantitative estimate of drug-likeness (QED) is 0.235. The smallest absolute Gasteiger partial charge is 0.344 e. The Morgan fingerprint density at radius 1 is 1.33 bits per heavy atom. The molecule has 0 aliphatic rings. The molecule has 0 aliphatic carbocycles. The van der Waals surface area contributed by atoms with E-state index in [4.69, 9.17) is 23.2 Å². The molecular formula is C7H8Cl2O3. The zero-order chi connectivity index (χ0) is 9.72. The Labute approximate surface area is 80.3 Å². The summed E-state index contributed by atoms with van der Waals surface area (Å²) in [4.78, 5) is 21.6. The third kappa shape index (κ3) is 3.24. The fourth-order valence-corrected chi connectivity index (χ4v) is 0.990. The van der Waals surface area contributed by atoms with Crippen LogP contribution in [0.4, 0.5) is 0 Å². The predicted molar refractivity (Wildman–Crippen MR) is 46.0 cm³/mol. The van der Waals surface area contributed by atoms with Crippen molar-refractivity contribution in [3.05, 3.63) is 10.6 Å². The monoisotopic (exact) mass is 210 g/mol. The van der Waals surface area contributed by atoms with Gasteiger partial charge in [0.2, 0.25) is 0 Å². The highest BCUT2D eigenvalue weighted by molar-refractivity contribution is 6.71. The second-order valence-electron chi connectivity index (χ2n) is 1.90. The summed E-state index contributed by atoms with van der Waals surface area (Å²) >= 11 is 10.5. The van der Waals surface area contributed by atoms with E-state index in [9.17, 15) is 9.59 Å². The summed E-state index contributed by atoms with van der Waals surface area (Å²) in [5.74, 6) is -0.787. The first-order valence-corrected chi connectivity index (χ1v) is 3.99. The summed E-state index contributed by atoms with van der Waals surface area (Å²) in [6, 6.07) is 0. The van der Waals surface area contributed by atoms with Gasteiger partial charge in [-0.25, -0.2) is 4.79 Å². The lowest BCUT2D eigenvalue weighted by Crippen LogP contribution is -2.13. The van der Waals surface area contributed by atoms with Gasteiger partial charge in [-0.2, -0.15) is 0 Å². The molecule has 0 radical (unpaired) electrons. The summed E-state index contributed by atoms with van der Waals surface area (Å²) in [6.07, 6.45) is 0. The maximum absolute atomic E-state index is 11.0. The molecule has 3 nitrogen and oxygen atoms in total. The van der Waals surface area contributed by atoms with E-state index in [0.717, 1.165) is 0 Å². The Morgan fingerprint density at radius 2 is 1.83 bits per heavy atom. The molecular weight excluding hydrogens is 203 g/mol. The highest BCUT2D eigenvalue weighted by Crippen LogP contribution is 2.13. The van der Waals surface area contributed by atoms with Crippen molar-refractivity contribution < 1.29 is 14.3 Å². The maximum Gasteiger partial charge on any atom is 0.344 e. The molecule has 0 spiro atoms. The minimum Gasteiger partial charge on any atom is -0.462 e. The number of hydrogen-bond acceptors (Lipinski definition) is 3. The maximum atomic E-state index is 11.0. The lowest BCUT2D eigenvalue weighted by Gasteiger charge is -2.02. The highest BCUT2D eigenvalue weighted by Gasteiger charge is 2.19. The summed E-state index contributed by atoms with van der Waals surface area (Å²) in [7, 11) is 0. The molecule has 0 bridgehead atoms. The summed E-state index contributed by atoms with van der Waals surface area (Å²) in [5.41, 5.74) is -0.305. The summed E-state index contributed by atoms with van der Waals surface area (Å²) in [5, 5.41) is -0.866. The fourth-order valence-electron chi connectivity index (χ4n) is 0.560. The molecule has 0 unspecified atom stereocenters. The Hall–Kier alpha value is -0.540. The van der Waals surface area contributed by atoms with Crippen LogP contribution in [-0.4, -0.2) is 17.8 Å². The number of allylic oxidation sites excluding steroid dienone is 1. The molecule has 0 rings (SSSR count). The SMILES string of the molecule is CCOC(=O)/C(C(=O)Cl)=C(/C)Cl. The number of carbonyl (C=O) groups excluding carboxylic acids is 2. The second-order valence-corrected chi connectivity index (χ2v) is 2.81. The van der Waals surface area contributed by atoms with E-state index in [1.807, 2.05) is 0 Å². The topological polar surface area (TPSA) is 43.4 Å². The van der Waals surface area contributed by atoms with E-state index in [0.29, 0.717) is 0 Å². The number of halogens is 2. The lowest BCUT2D eigenvalue weighted by molar-refractivity contribution is -0.139. The molecule has 0 aromatic rings. The van der Waals surface area contributed by atoms with E-state index < -0.39 is 11.2 Å². The number of carbonyl (C=O) groups is 2. The van der Waals surface area contributed by atoms with Crippen LogP contribution in [0.1, 0.15) is 13.8 Å². The zero-order valence-electron chi connectivity index (χ0n) is 6.69. The van der Waals surface area contributed by atoms with Crippen molar-refractivity contribution in [1.29, 1.82) is 0 Å². The van der Waals surface area contributed by atoms with Gasteiger partial charge in [0.25, 0.3) is 5.24 Å². The van der Waals surface area contributed by atoms with Gasteiger partial charge in [0, 0.05) is 5.03 Å². The first-order chi connectivity index (χ1) is 5.50. The van der Waals surface area contributed by atoms with Crippen LogP contribution < -0.4 is 0 Å². The fraction of sp³-hybridized carbons (Fsp3) is 0.429. The van der Waals surface area contributed by atoms with Crippen molar-refractivity contribution >= 4 is 34.4 Å². The Morgan fingerprint density at radius 3 is 2.08 bits per heavy atom. The molecule has 0 aliphatic heterocycles. The minimum absolute atomic E-state index is 0.0356. The van der Waals surface area contributed by atoms with Crippen molar-refractivity contribution in [3.8, 4) is 0 Å². The first kappa shape index (κ1) is 11.5. The number of ether oxygens (including phenoxy) is 1. The van der Waals surface area contributed by atoms with E-state index in [2.05, 4.69) is 4.74 Å². The van der Waals surface area contributed by atoms with Crippen LogP contribution in [0.3, 0.4) is 0 Å². The van der Waals surface area contributed by atoms with E-state index in [-0.39, 0.29) is 17.2 Å². The molecule has 0 aromatic carbocycles. The van der Waals surface area contributed by atoms with E-state index in [1.165, 1.54) is 6.92 Å². The van der Waals surface area contributed by atoms with Crippen molar-refractivity contribution in [2.24, 2.45) is 0 Å². The van der Waals surface area contributed by atoms with Crippen LogP contribution in [0.5, 0.6) is 0 Å². The van der Waals surface area contributed by atoms with Crippen LogP contribution >= 0.6 is 23.2 Å². The van der Waals surface area contributed by atoms with Crippen molar-refractivity contribution in [1.82, 2.24) is 0 Å². The number of hydrogen-bond donors (Lipinski definition) is 0. The van der Waals surface area contributed by atoms with Gasteiger partial charge < -0.3 is 4.74 Å². The van der Waals surface area contributed by atoms with Gasteiger partial charge in [0.1, 0.15) is 5.57 Å². The van der Waals surface area contributed by atoms with Gasteiger partial charge >= 0.3 is 5.97 Å². The second kappa shape index (κ2) is 5.17. The summed E-state index contributed by atoms with van der Waals surface area (Å²) in [6.45, 7) is 3.20. The lowest BCUT2D eigenvalue weighted by atomic mass is 10.3. The van der Waals surface area contributed by atoms with Gasteiger partial charge in [0.15, 0.2) is 0 Å². The van der Waals surface area contributed by atoms with Gasteiger partial charge in [-0.15, -0.1) is 0 Å². The molecule has 0 amide bonds. The predicted octanol–water partition coefficient (Wildman–Crippen LogP) is 1.83. The molecule has 0 heterocycles. The van der Waals surface area contributed by atoms with Crippen LogP contribution in [0.25, 0.3) is 0 Å². The van der Waals surface area contributed by atoms with Crippen molar-refractivity contribution in [3.63, 3.8) is 0 Å². The average Bonchev–Trinajstić information content (AvgIpc) is 1.85. The third-order valence-electron chi connectivity index (χ3n) is 1.02. The standard InChI is InChI=1S/C7H8Cl2O3/c1-3-12-7(11)5(4(2)8)6(9)10/h3H2,1-2H3/b5-4-. The number of rotatable bonds is 3. The molecule has 0 N–H and O–H groups in total. The number of esters is 1. The largest absolute Gasteiger partial charge is 0.462 e. The van der Waals surface area contributed by atoms with E-state index >= 15 is 0 Å². The van der Waals surface area contributed by atoms with Crippen LogP contribution in [0.15, 0.2) is 10.6 Å². The van der Waals surface area contributed by atoms with Crippen LogP contribution in [-0.2, 0) is 14.3 Å². The van der Waals surface area contributed by atoms with Gasteiger partial charge in [0.05, 0.1) is 6.61 Å². The average molecular weight is 211 g/mol. The van der Waals surface area contributed by atoms with Gasteiger partial charge in [-0.1, -0.05) is 11.6 Å². The molecule has 68 valence electrons. The molecule has 0 atom stereocenters. The van der Waals surface area contributed by atoms with Crippen LogP contribution in [0.2, 0.25) is 0 Å². The van der Waals surface area contributed by atoms with E-state index in [1.54, 1.807) is 6.92 Å². The van der Waals surface area contributed by atoms with Crippen molar-refractivity contribution in [2.45, 2.75) is 13.8 Å². The molecule has 0 aromatic heterocycles. The zero-order valence-corrected chi connectivity index (χ0v) is 8.20.